The zero-order valence-electron chi connectivity index (χ0n) is 16.6. The Morgan fingerprint density at radius 3 is 2.67 bits per heavy atom. The highest BCUT2D eigenvalue weighted by Crippen LogP contribution is 2.22. The van der Waals surface area contributed by atoms with Gasteiger partial charge < -0.3 is 14.4 Å². The van der Waals surface area contributed by atoms with E-state index in [-0.39, 0.29) is 12.5 Å². The molecule has 0 unspecified atom stereocenters. The molecule has 30 heavy (non-hydrogen) atoms. The largest absolute Gasteiger partial charge is 0.497 e. The number of rotatable bonds is 6. The molecule has 152 valence electrons. The molecule has 7 heteroatoms. The molecule has 0 radical (unpaired) electrons. The summed E-state index contributed by atoms with van der Waals surface area (Å²) < 4.78 is 11.4. The van der Waals surface area contributed by atoms with Gasteiger partial charge in [0, 0.05) is 13.6 Å². The minimum Gasteiger partial charge on any atom is -0.497 e. The summed E-state index contributed by atoms with van der Waals surface area (Å²) in [5.41, 5.74) is 3.96. The van der Waals surface area contributed by atoms with Gasteiger partial charge in [-0.1, -0.05) is 18.2 Å². The number of aromatic nitrogens is 1. The lowest BCUT2D eigenvalue weighted by atomic mass is 10.1. The zero-order valence-corrected chi connectivity index (χ0v) is 17.4. The third kappa shape index (κ3) is 4.26. The Bertz CT molecular complexity index is 1230. The highest BCUT2D eigenvalue weighted by molar-refractivity contribution is 7.16. The quantitative estimate of drug-likeness (QED) is 0.436. The Morgan fingerprint density at radius 1 is 1.03 bits per heavy atom. The number of hydrogen-bond donors (Lipinski definition) is 0. The van der Waals surface area contributed by atoms with Gasteiger partial charge in [-0.05, 0) is 52.7 Å². The first-order chi connectivity index (χ1) is 14.5. The molecule has 0 fully saturated rings. The lowest BCUT2D eigenvalue weighted by Crippen LogP contribution is -2.30. The number of thiazole rings is 1. The van der Waals surface area contributed by atoms with Crippen molar-refractivity contribution in [2.75, 3.05) is 20.8 Å². The van der Waals surface area contributed by atoms with Crippen molar-refractivity contribution in [1.29, 1.82) is 0 Å². The van der Waals surface area contributed by atoms with Gasteiger partial charge in [-0.3, -0.25) is 4.79 Å². The fourth-order valence-corrected chi connectivity index (χ4v) is 3.88. The molecule has 0 spiro atoms. The van der Waals surface area contributed by atoms with Crippen LogP contribution >= 0.6 is 11.3 Å². The average molecular weight is 420 g/mol. The molecular formula is C23H20N2O4S. The first-order valence-corrected chi connectivity index (χ1v) is 10.2. The van der Waals surface area contributed by atoms with E-state index >= 15 is 0 Å². The Balaban J connectivity index is 1.36. The Kier molecular flexibility index (Phi) is 5.63. The van der Waals surface area contributed by atoms with Crippen molar-refractivity contribution in [2.45, 2.75) is 6.54 Å². The molecule has 0 aliphatic rings. The van der Waals surface area contributed by atoms with Crippen LogP contribution in [0, 0.1) is 0 Å². The van der Waals surface area contributed by atoms with Gasteiger partial charge in [-0.2, -0.15) is 0 Å². The molecule has 4 aromatic rings. The first-order valence-electron chi connectivity index (χ1n) is 9.34. The topological polar surface area (TPSA) is 68.7 Å². The molecular weight excluding hydrogens is 400 g/mol. The molecule has 0 saturated carbocycles. The van der Waals surface area contributed by atoms with Crippen molar-refractivity contribution in [1.82, 2.24) is 9.88 Å². The first kappa shape index (κ1) is 19.8. The number of fused-ring (bicyclic) bond motifs is 2. The normalized spacial score (nSPS) is 10.9. The molecule has 1 amide bonds. The predicted molar refractivity (Wildman–Crippen MR) is 117 cm³/mol. The van der Waals surface area contributed by atoms with Crippen molar-refractivity contribution in [3.8, 4) is 5.75 Å². The van der Waals surface area contributed by atoms with Crippen molar-refractivity contribution >= 4 is 44.2 Å². The highest BCUT2D eigenvalue weighted by Gasteiger charge is 2.15. The molecule has 4 rings (SSSR count). The number of carbonyl (C=O) groups is 2. The molecule has 0 atom stereocenters. The van der Waals surface area contributed by atoms with Crippen LogP contribution in [0.4, 0.5) is 0 Å². The van der Waals surface area contributed by atoms with Gasteiger partial charge in [0.2, 0.25) is 0 Å². The molecule has 0 aliphatic heterocycles. The number of amides is 1. The minimum absolute atomic E-state index is 0.267. The summed E-state index contributed by atoms with van der Waals surface area (Å²) in [6.45, 7) is 0.117. The SMILES string of the molecule is COc1ccc2cc(CN(C)C(=O)COC(=O)c3ccc4ncsc4c3)ccc2c1. The van der Waals surface area contributed by atoms with E-state index in [1.165, 1.54) is 11.3 Å². The summed E-state index contributed by atoms with van der Waals surface area (Å²) in [5.74, 6) is 0.0163. The number of carbonyl (C=O) groups excluding carboxylic acids is 2. The fourth-order valence-electron chi connectivity index (χ4n) is 3.16. The molecule has 0 bridgehead atoms. The van der Waals surface area contributed by atoms with E-state index in [4.69, 9.17) is 9.47 Å². The van der Waals surface area contributed by atoms with Crippen LogP contribution in [0.15, 0.2) is 60.1 Å². The van der Waals surface area contributed by atoms with E-state index in [0.717, 1.165) is 32.3 Å². The lowest BCUT2D eigenvalue weighted by Gasteiger charge is -2.17. The van der Waals surface area contributed by atoms with E-state index in [1.807, 2.05) is 36.4 Å². The number of benzene rings is 3. The maximum Gasteiger partial charge on any atom is 0.338 e. The number of ether oxygens (including phenoxy) is 2. The van der Waals surface area contributed by atoms with Crippen LogP contribution in [0.3, 0.4) is 0 Å². The molecule has 1 heterocycles. The number of likely N-dealkylation sites (N-methyl/N-ethyl adjacent to an activating group) is 1. The Hall–Kier alpha value is -3.45. The Morgan fingerprint density at radius 2 is 1.83 bits per heavy atom. The highest BCUT2D eigenvalue weighted by atomic mass is 32.1. The van der Waals surface area contributed by atoms with Crippen LogP contribution in [-0.4, -0.2) is 42.5 Å². The predicted octanol–water partition coefficient (Wildman–Crippen LogP) is 4.27. The number of esters is 1. The third-order valence-corrected chi connectivity index (χ3v) is 5.64. The van der Waals surface area contributed by atoms with Crippen LogP contribution in [0.2, 0.25) is 0 Å². The van der Waals surface area contributed by atoms with Gasteiger partial charge in [0.05, 0.1) is 28.4 Å². The van der Waals surface area contributed by atoms with Crippen LogP contribution in [-0.2, 0) is 16.1 Å². The summed E-state index contributed by atoms with van der Waals surface area (Å²) in [7, 11) is 3.33. The van der Waals surface area contributed by atoms with Crippen LogP contribution in [0.5, 0.6) is 5.75 Å². The number of methoxy groups -OCH3 is 1. The van der Waals surface area contributed by atoms with Crippen LogP contribution in [0.1, 0.15) is 15.9 Å². The second kappa shape index (κ2) is 8.51. The molecule has 1 aromatic heterocycles. The van der Waals surface area contributed by atoms with E-state index < -0.39 is 5.97 Å². The minimum atomic E-state index is -0.522. The maximum atomic E-state index is 12.4. The average Bonchev–Trinajstić information content (AvgIpc) is 3.24. The maximum absolute atomic E-state index is 12.4. The second-order valence-electron chi connectivity index (χ2n) is 6.91. The lowest BCUT2D eigenvalue weighted by molar-refractivity contribution is -0.133. The van der Waals surface area contributed by atoms with Gasteiger partial charge in [-0.15, -0.1) is 11.3 Å². The molecule has 0 saturated heterocycles. The molecule has 3 aromatic carbocycles. The van der Waals surface area contributed by atoms with Crippen molar-refractivity contribution in [3.05, 3.63) is 71.2 Å². The van der Waals surface area contributed by atoms with Gasteiger partial charge >= 0.3 is 5.97 Å². The smallest absolute Gasteiger partial charge is 0.338 e. The molecule has 6 nitrogen and oxygen atoms in total. The van der Waals surface area contributed by atoms with Crippen LogP contribution in [0.25, 0.3) is 21.0 Å². The fraction of sp³-hybridized carbons (Fsp3) is 0.174. The van der Waals surface area contributed by atoms with Gasteiger partial charge in [0.1, 0.15) is 5.75 Å². The van der Waals surface area contributed by atoms with Crippen molar-refractivity contribution in [2.24, 2.45) is 0 Å². The van der Waals surface area contributed by atoms with E-state index in [2.05, 4.69) is 4.98 Å². The van der Waals surface area contributed by atoms with Crippen molar-refractivity contribution in [3.63, 3.8) is 0 Å². The number of hydrogen-bond acceptors (Lipinski definition) is 6. The monoisotopic (exact) mass is 420 g/mol. The van der Waals surface area contributed by atoms with Gasteiger partial charge in [-0.25, -0.2) is 9.78 Å². The number of nitrogens with zero attached hydrogens (tertiary/aromatic N) is 2. The standard InChI is InChI=1S/C23H20N2O4S/c1-25(12-15-3-4-17-10-19(28-2)7-5-16(17)9-15)22(26)13-29-23(27)18-6-8-20-21(11-18)30-14-24-20/h3-11,14H,12-13H2,1-2H3. The summed E-state index contributed by atoms with van der Waals surface area (Å²) in [6, 6.07) is 17.0. The molecule has 0 N–H and O–H groups in total. The van der Waals surface area contributed by atoms with Crippen LogP contribution < -0.4 is 4.74 Å². The van der Waals surface area contributed by atoms with Gasteiger partial charge in [0.25, 0.3) is 5.91 Å². The van der Waals surface area contributed by atoms with Gasteiger partial charge in [0.15, 0.2) is 6.61 Å². The molecule has 0 aliphatic carbocycles. The van der Waals surface area contributed by atoms with E-state index in [9.17, 15) is 9.59 Å². The van der Waals surface area contributed by atoms with E-state index in [1.54, 1.807) is 42.8 Å². The van der Waals surface area contributed by atoms with E-state index in [0.29, 0.717) is 12.1 Å². The van der Waals surface area contributed by atoms with Crippen molar-refractivity contribution < 1.29 is 19.1 Å². The second-order valence-corrected chi connectivity index (χ2v) is 7.79. The summed E-state index contributed by atoms with van der Waals surface area (Å²) >= 11 is 1.45. The summed E-state index contributed by atoms with van der Waals surface area (Å²) in [4.78, 5) is 30.4. The Labute approximate surface area is 177 Å². The summed E-state index contributed by atoms with van der Waals surface area (Å²) in [5, 5.41) is 2.14. The third-order valence-electron chi connectivity index (χ3n) is 4.85. The summed E-state index contributed by atoms with van der Waals surface area (Å²) in [6.07, 6.45) is 0. The zero-order chi connectivity index (χ0) is 21.1.